The lowest BCUT2D eigenvalue weighted by molar-refractivity contribution is -0.829. The summed E-state index contributed by atoms with van der Waals surface area (Å²) >= 11 is 5.79. The second-order valence-electron chi connectivity index (χ2n) is 2.61. The number of anilines is 1. The molecule has 0 bridgehead atoms. The van der Waals surface area contributed by atoms with E-state index in [1.807, 2.05) is 0 Å². The standard InChI is InChI=1S/C8H7ClN2O/c1-11-8(10)6-4-5(9)2-3-7(6)12-11/h2-4,10H,1H3/p+1. The normalized spacial score (nSPS) is 10.8. The molecule has 2 N–H and O–H groups in total. The summed E-state index contributed by atoms with van der Waals surface area (Å²) in [5.74, 6) is 0.590. The molecule has 4 heteroatoms. The van der Waals surface area contributed by atoms with Crippen molar-refractivity contribution in [2.45, 2.75) is 0 Å². The van der Waals surface area contributed by atoms with Crippen LogP contribution in [0.3, 0.4) is 0 Å². The zero-order valence-corrected chi connectivity index (χ0v) is 7.30. The molecule has 0 aliphatic carbocycles. The fraction of sp³-hybridized carbons (Fsp3) is 0.125. The Hall–Kier alpha value is -1.22. The summed E-state index contributed by atoms with van der Waals surface area (Å²) in [4.78, 5) is 0. The molecule has 0 saturated carbocycles. The molecule has 62 valence electrons. The molecule has 2 aromatic rings. The molecule has 0 aliphatic rings. The Kier molecular flexibility index (Phi) is 1.48. The maximum Gasteiger partial charge on any atom is 0.318 e. The van der Waals surface area contributed by atoms with E-state index in [4.69, 9.17) is 21.9 Å². The predicted octanol–water partition coefficient (Wildman–Crippen LogP) is 1.49. The highest BCUT2D eigenvalue weighted by molar-refractivity contribution is 6.31. The highest BCUT2D eigenvalue weighted by Gasteiger charge is 2.12. The number of nitrogen functional groups attached to an aromatic ring is 1. The van der Waals surface area contributed by atoms with Gasteiger partial charge in [-0.3, -0.25) is 5.73 Å². The molecule has 12 heavy (non-hydrogen) atoms. The molecular formula is C8H8ClN2O+. The number of hydrogen-bond donors (Lipinski definition) is 1. The van der Waals surface area contributed by atoms with Crippen molar-refractivity contribution in [3.8, 4) is 0 Å². The average Bonchev–Trinajstić information content (AvgIpc) is 2.31. The Morgan fingerprint density at radius 1 is 1.50 bits per heavy atom. The summed E-state index contributed by atoms with van der Waals surface area (Å²) in [6, 6.07) is 5.36. The Bertz CT molecular complexity index is 436. The molecule has 1 aromatic heterocycles. The van der Waals surface area contributed by atoms with Crippen LogP contribution < -0.4 is 10.5 Å². The van der Waals surface area contributed by atoms with E-state index in [0.717, 1.165) is 11.0 Å². The van der Waals surface area contributed by atoms with Gasteiger partial charge >= 0.3 is 5.82 Å². The molecule has 2 rings (SSSR count). The molecule has 0 atom stereocenters. The third-order valence-corrected chi connectivity index (χ3v) is 2.03. The highest BCUT2D eigenvalue weighted by atomic mass is 35.5. The number of fused-ring (bicyclic) bond motifs is 1. The van der Waals surface area contributed by atoms with E-state index in [2.05, 4.69) is 0 Å². The van der Waals surface area contributed by atoms with Gasteiger partial charge in [0.1, 0.15) is 12.4 Å². The van der Waals surface area contributed by atoms with E-state index in [9.17, 15) is 0 Å². The van der Waals surface area contributed by atoms with Crippen molar-refractivity contribution in [1.29, 1.82) is 0 Å². The lowest BCUT2D eigenvalue weighted by Gasteiger charge is -1.85. The minimum Gasteiger partial charge on any atom is -0.301 e. The number of rotatable bonds is 0. The summed E-state index contributed by atoms with van der Waals surface area (Å²) in [6.45, 7) is 0. The van der Waals surface area contributed by atoms with Crippen molar-refractivity contribution in [1.82, 2.24) is 0 Å². The molecule has 3 nitrogen and oxygen atoms in total. The van der Waals surface area contributed by atoms with Crippen LogP contribution in [0, 0.1) is 0 Å². The third-order valence-electron chi connectivity index (χ3n) is 1.79. The van der Waals surface area contributed by atoms with Gasteiger partial charge in [0.25, 0.3) is 0 Å². The number of nitrogens with two attached hydrogens (primary N) is 1. The van der Waals surface area contributed by atoms with Crippen LogP contribution in [0.1, 0.15) is 0 Å². The minimum absolute atomic E-state index is 0.590. The second-order valence-corrected chi connectivity index (χ2v) is 3.05. The van der Waals surface area contributed by atoms with Gasteiger partial charge in [-0.2, -0.15) is 0 Å². The maximum absolute atomic E-state index is 5.79. The largest absolute Gasteiger partial charge is 0.318 e. The fourth-order valence-electron chi connectivity index (χ4n) is 1.15. The second kappa shape index (κ2) is 2.38. The lowest BCUT2D eigenvalue weighted by atomic mass is 10.2. The van der Waals surface area contributed by atoms with E-state index in [-0.39, 0.29) is 0 Å². The summed E-state index contributed by atoms with van der Waals surface area (Å²) in [5.41, 5.74) is 6.47. The van der Waals surface area contributed by atoms with E-state index in [1.165, 1.54) is 4.74 Å². The average molecular weight is 184 g/mol. The van der Waals surface area contributed by atoms with Crippen LogP contribution in [-0.4, -0.2) is 0 Å². The van der Waals surface area contributed by atoms with Gasteiger partial charge in [-0.05, 0) is 18.2 Å². The minimum atomic E-state index is 0.590. The van der Waals surface area contributed by atoms with E-state index in [0.29, 0.717) is 10.8 Å². The van der Waals surface area contributed by atoms with Gasteiger partial charge in [0.15, 0.2) is 5.58 Å². The predicted molar refractivity (Wildman–Crippen MR) is 46.8 cm³/mol. The molecule has 0 spiro atoms. The van der Waals surface area contributed by atoms with Crippen molar-refractivity contribution in [2.24, 2.45) is 7.05 Å². The number of nitrogens with zero attached hydrogens (tertiary/aromatic N) is 1. The summed E-state index contributed by atoms with van der Waals surface area (Å²) in [5, 5.41) is 1.51. The zero-order valence-electron chi connectivity index (χ0n) is 6.54. The summed E-state index contributed by atoms with van der Waals surface area (Å²) in [7, 11) is 1.75. The van der Waals surface area contributed by atoms with Crippen LogP contribution in [-0.2, 0) is 7.05 Å². The van der Waals surface area contributed by atoms with Gasteiger partial charge in [-0.25, -0.2) is 0 Å². The fourth-order valence-corrected chi connectivity index (χ4v) is 1.32. The third kappa shape index (κ3) is 0.940. The summed E-state index contributed by atoms with van der Waals surface area (Å²) in [6.07, 6.45) is 0. The quantitative estimate of drug-likeness (QED) is 0.629. The molecule has 1 heterocycles. The number of halogens is 1. The van der Waals surface area contributed by atoms with Crippen LogP contribution in [0.15, 0.2) is 22.7 Å². The topological polar surface area (TPSA) is 43.0 Å². The van der Waals surface area contributed by atoms with Gasteiger partial charge < -0.3 is 4.52 Å². The summed E-state index contributed by atoms with van der Waals surface area (Å²) < 4.78 is 6.80. The maximum atomic E-state index is 5.79. The van der Waals surface area contributed by atoms with Crippen molar-refractivity contribution < 1.29 is 9.26 Å². The Morgan fingerprint density at radius 2 is 2.25 bits per heavy atom. The van der Waals surface area contributed by atoms with Crippen LogP contribution >= 0.6 is 11.6 Å². The van der Waals surface area contributed by atoms with Gasteiger partial charge in [-0.1, -0.05) is 16.3 Å². The molecular weight excluding hydrogens is 176 g/mol. The zero-order chi connectivity index (χ0) is 8.72. The van der Waals surface area contributed by atoms with Gasteiger partial charge in [-0.15, -0.1) is 0 Å². The molecule has 0 fully saturated rings. The van der Waals surface area contributed by atoms with Crippen molar-refractivity contribution >= 4 is 28.4 Å². The Balaban J connectivity index is 2.88. The molecule has 0 unspecified atom stereocenters. The van der Waals surface area contributed by atoms with Crippen LogP contribution in [0.25, 0.3) is 11.0 Å². The smallest absolute Gasteiger partial charge is 0.301 e. The van der Waals surface area contributed by atoms with Crippen molar-refractivity contribution in [2.75, 3.05) is 5.73 Å². The number of aromatic nitrogens is 1. The Labute approximate surface area is 74.3 Å². The van der Waals surface area contributed by atoms with E-state index in [1.54, 1.807) is 25.2 Å². The molecule has 0 saturated heterocycles. The van der Waals surface area contributed by atoms with E-state index >= 15 is 0 Å². The first-order chi connectivity index (χ1) is 5.68. The van der Waals surface area contributed by atoms with Crippen molar-refractivity contribution in [3.05, 3.63) is 23.2 Å². The first-order valence-electron chi connectivity index (χ1n) is 3.52. The van der Waals surface area contributed by atoms with Crippen molar-refractivity contribution in [3.63, 3.8) is 0 Å². The monoisotopic (exact) mass is 183 g/mol. The van der Waals surface area contributed by atoms with Crippen LogP contribution in [0.4, 0.5) is 5.82 Å². The van der Waals surface area contributed by atoms with Gasteiger partial charge in [0.2, 0.25) is 0 Å². The number of benzene rings is 1. The molecule has 0 aliphatic heterocycles. The Morgan fingerprint density at radius 3 is 3.00 bits per heavy atom. The lowest BCUT2D eigenvalue weighted by Crippen LogP contribution is -2.28. The molecule has 1 aromatic carbocycles. The number of aryl methyl sites for hydroxylation is 1. The first-order valence-corrected chi connectivity index (χ1v) is 3.90. The first kappa shape index (κ1) is 7.43. The SMILES string of the molecule is C[n+]1oc2ccc(Cl)cc2c1N. The van der Waals surface area contributed by atoms with Crippen LogP contribution in [0.5, 0.6) is 0 Å². The molecule has 0 amide bonds. The van der Waals surface area contributed by atoms with Gasteiger partial charge in [0.05, 0.1) is 0 Å². The molecule has 0 radical (unpaired) electrons. The van der Waals surface area contributed by atoms with E-state index < -0.39 is 0 Å². The highest BCUT2D eigenvalue weighted by Crippen LogP contribution is 2.22. The van der Waals surface area contributed by atoms with Gasteiger partial charge in [0, 0.05) is 5.02 Å². The van der Waals surface area contributed by atoms with Crippen LogP contribution in [0.2, 0.25) is 5.02 Å². The number of hydrogen-bond acceptors (Lipinski definition) is 2.